The van der Waals surface area contributed by atoms with Gasteiger partial charge in [-0.3, -0.25) is 4.79 Å². The number of hydrogen-bond donors (Lipinski definition) is 1. The van der Waals surface area contributed by atoms with Crippen LogP contribution in [0.25, 0.3) is 0 Å². The molecule has 3 heterocycles. The molecule has 0 unspecified atom stereocenters. The van der Waals surface area contributed by atoms with Crippen LogP contribution in [0.15, 0.2) is 12.4 Å². The van der Waals surface area contributed by atoms with E-state index in [4.69, 9.17) is 18.8 Å². The van der Waals surface area contributed by atoms with E-state index in [0.717, 1.165) is 0 Å². The summed E-state index contributed by atoms with van der Waals surface area (Å²) in [5.74, 6) is -0.191. The van der Waals surface area contributed by atoms with E-state index in [2.05, 4.69) is 15.3 Å². The fraction of sp³-hybridized carbons (Fsp3) is 0.727. The molecule has 2 amide bonds. The van der Waals surface area contributed by atoms with Gasteiger partial charge in [-0.2, -0.15) is 0 Å². The van der Waals surface area contributed by atoms with E-state index in [-0.39, 0.29) is 18.0 Å². The number of alkyl carbamates (subject to hydrolysis) is 1. The quantitative estimate of drug-likeness (QED) is 0.658. The Kier molecular flexibility index (Phi) is 6.96. The van der Waals surface area contributed by atoms with E-state index in [9.17, 15) is 9.59 Å². The minimum atomic E-state index is -0.700. The molecule has 33 heavy (non-hydrogen) atoms. The number of hydrogen-bond acceptors (Lipinski definition) is 8. The normalized spacial score (nSPS) is 22.7. The van der Waals surface area contributed by atoms with Gasteiger partial charge < -0.3 is 29.0 Å². The SMILES string of the molecule is C[C@H](NC(=O)OC(C)(C)C)C(=O)N1CC[C@@H](Oc2ncc(B3OC(C)(C)C(C)(C)O3)cn2)C1. The third-order valence-electron chi connectivity index (χ3n) is 6.01. The average molecular weight is 462 g/mol. The molecule has 2 aliphatic heterocycles. The van der Waals surface area contributed by atoms with Crippen LogP contribution in [0.4, 0.5) is 4.79 Å². The molecule has 1 aromatic heterocycles. The third-order valence-corrected chi connectivity index (χ3v) is 6.01. The van der Waals surface area contributed by atoms with Crippen molar-refractivity contribution in [3.05, 3.63) is 12.4 Å². The van der Waals surface area contributed by atoms with Gasteiger partial charge in [-0.05, 0) is 55.4 Å². The molecule has 10 nitrogen and oxygen atoms in total. The fourth-order valence-electron chi connectivity index (χ4n) is 3.48. The van der Waals surface area contributed by atoms with Gasteiger partial charge in [-0.25, -0.2) is 14.8 Å². The van der Waals surface area contributed by atoms with Gasteiger partial charge in [0.1, 0.15) is 17.7 Å². The number of rotatable bonds is 5. The number of nitrogens with zero attached hydrogens (tertiary/aromatic N) is 3. The Bertz CT molecular complexity index is 855. The van der Waals surface area contributed by atoms with Gasteiger partial charge in [0.25, 0.3) is 0 Å². The van der Waals surface area contributed by atoms with Gasteiger partial charge in [-0.15, -0.1) is 0 Å². The first-order valence-electron chi connectivity index (χ1n) is 11.3. The van der Waals surface area contributed by atoms with Crippen LogP contribution >= 0.6 is 0 Å². The zero-order valence-corrected chi connectivity index (χ0v) is 20.8. The lowest BCUT2D eigenvalue weighted by atomic mass is 9.81. The van der Waals surface area contributed by atoms with Crippen LogP contribution in [-0.2, 0) is 18.8 Å². The monoisotopic (exact) mass is 462 g/mol. The van der Waals surface area contributed by atoms with E-state index in [0.29, 0.717) is 25.0 Å². The number of nitrogens with one attached hydrogen (secondary N) is 1. The van der Waals surface area contributed by atoms with Gasteiger partial charge in [0.05, 0.1) is 17.7 Å². The summed E-state index contributed by atoms with van der Waals surface area (Å²) in [6.07, 6.45) is 3.06. The summed E-state index contributed by atoms with van der Waals surface area (Å²) in [7, 11) is -0.539. The van der Waals surface area contributed by atoms with Crippen molar-refractivity contribution in [1.82, 2.24) is 20.2 Å². The van der Waals surface area contributed by atoms with Crippen LogP contribution in [0.5, 0.6) is 6.01 Å². The van der Waals surface area contributed by atoms with Crippen molar-refractivity contribution in [2.45, 2.75) is 90.8 Å². The van der Waals surface area contributed by atoms with Gasteiger partial charge in [0.2, 0.25) is 5.91 Å². The Labute approximate surface area is 195 Å². The molecule has 1 N–H and O–H groups in total. The molecule has 2 saturated heterocycles. The number of carbonyl (C=O) groups excluding carboxylic acids is 2. The lowest BCUT2D eigenvalue weighted by molar-refractivity contribution is -0.132. The molecule has 0 saturated carbocycles. The first-order chi connectivity index (χ1) is 15.2. The van der Waals surface area contributed by atoms with E-state index >= 15 is 0 Å². The first-order valence-corrected chi connectivity index (χ1v) is 11.3. The van der Waals surface area contributed by atoms with Gasteiger partial charge in [-0.1, -0.05) is 0 Å². The van der Waals surface area contributed by atoms with E-state index < -0.39 is 36.1 Å². The van der Waals surface area contributed by atoms with Crippen LogP contribution in [0.1, 0.15) is 61.8 Å². The standard InChI is InChI=1S/C22H35BN4O6/c1-14(26-19(29)31-20(2,3)4)17(28)27-10-9-16(13-27)30-18-24-11-15(12-25-18)23-32-21(5,6)22(7,8)33-23/h11-12,14,16H,9-10,13H2,1-8H3,(H,26,29)/t14-,16+/m0/s1. The van der Waals surface area contributed by atoms with Crippen molar-refractivity contribution in [1.29, 1.82) is 0 Å². The van der Waals surface area contributed by atoms with Gasteiger partial charge >= 0.3 is 19.2 Å². The molecule has 11 heteroatoms. The zero-order valence-electron chi connectivity index (χ0n) is 20.8. The van der Waals surface area contributed by atoms with E-state index in [1.807, 2.05) is 27.7 Å². The summed E-state index contributed by atoms with van der Waals surface area (Å²) in [5.41, 5.74) is -0.798. The Morgan fingerprint density at radius 2 is 1.76 bits per heavy atom. The summed E-state index contributed by atoms with van der Waals surface area (Å²) in [5, 5.41) is 2.58. The number of likely N-dealkylation sites (tertiary alicyclic amines) is 1. The number of aromatic nitrogens is 2. The topological polar surface area (TPSA) is 112 Å². The maximum atomic E-state index is 12.7. The Morgan fingerprint density at radius 1 is 1.18 bits per heavy atom. The highest BCUT2D eigenvalue weighted by atomic mass is 16.7. The minimum Gasteiger partial charge on any atom is -0.458 e. The number of amides is 2. The smallest absolute Gasteiger partial charge is 0.458 e. The van der Waals surface area contributed by atoms with Crippen LogP contribution < -0.4 is 15.5 Å². The van der Waals surface area contributed by atoms with Crippen LogP contribution in [-0.4, -0.2) is 76.0 Å². The van der Waals surface area contributed by atoms with Crippen molar-refractivity contribution in [2.24, 2.45) is 0 Å². The molecule has 0 spiro atoms. The largest absolute Gasteiger partial charge is 0.498 e. The summed E-state index contributed by atoms with van der Waals surface area (Å²) in [4.78, 5) is 34.8. The van der Waals surface area contributed by atoms with Crippen molar-refractivity contribution < 1.29 is 28.4 Å². The zero-order chi connectivity index (χ0) is 24.6. The lowest BCUT2D eigenvalue weighted by Gasteiger charge is -2.32. The predicted molar refractivity (Wildman–Crippen MR) is 122 cm³/mol. The fourth-order valence-corrected chi connectivity index (χ4v) is 3.48. The van der Waals surface area contributed by atoms with Crippen LogP contribution in [0.2, 0.25) is 0 Å². The molecular formula is C22H35BN4O6. The molecule has 2 aliphatic rings. The summed E-state index contributed by atoms with van der Waals surface area (Å²) >= 11 is 0. The van der Waals surface area contributed by atoms with Crippen molar-refractivity contribution in [2.75, 3.05) is 13.1 Å². The first kappa shape index (κ1) is 25.2. The molecule has 0 bridgehead atoms. The molecule has 2 atom stereocenters. The molecule has 3 rings (SSSR count). The maximum Gasteiger partial charge on any atom is 0.498 e. The molecule has 0 aliphatic carbocycles. The second-order valence-electron chi connectivity index (χ2n) is 10.6. The Balaban J connectivity index is 1.50. The Hall–Kier alpha value is -2.40. The lowest BCUT2D eigenvalue weighted by Crippen LogP contribution is -2.47. The highest BCUT2D eigenvalue weighted by molar-refractivity contribution is 6.61. The predicted octanol–water partition coefficient (Wildman–Crippen LogP) is 1.67. The summed E-state index contributed by atoms with van der Waals surface area (Å²) in [6.45, 7) is 15.8. The van der Waals surface area contributed by atoms with Crippen LogP contribution in [0.3, 0.4) is 0 Å². The van der Waals surface area contributed by atoms with Crippen molar-refractivity contribution >= 4 is 24.6 Å². The maximum absolute atomic E-state index is 12.7. The van der Waals surface area contributed by atoms with Gasteiger partial charge in [0.15, 0.2) is 0 Å². The van der Waals surface area contributed by atoms with Gasteiger partial charge in [0, 0.05) is 30.8 Å². The highest BCUT2D eigenvalue weighted by Crippen LogP contribution is 2.36. The second-order valence-corrected chi connectivity index (χ2v) is 10.6. The third kappa shape index (κ3) is 6.14. The molecule has 1 aromatic rings. The molecule has 2 fully saturated rings. The summed E-state index contributed by atoms with van der Waals surface area (Å²) in [6, 6.07) is -0.469. The van der Waals surface area contributed by atoms with E-state index in [1.54, 1.807) is 45.0 Å². The average Bonchev–Trinajstić information content (AvgIpc) is 3.21. The molecule has 0 radical (unpaired) electrons. The molecule has 0 aromatic carbocycles. The number of ether oxygens (including phenoxy) is 2. The molecule has 182 valence electrons. The highest BCUT2D eigenvalue weighted by Gasteiger charge is 2.52. The van der Waals surface area contributed by atoms with Crippen molar-refractivity contribution in [3.8, 4) is 6.01 Å². The Morgan fingerprint density at radius 3 is 2.30 bits per heavy atom. The minimum absolute atomic E-state index is 0.191. The second kappa shape index (κ2) is 9.10. The van der Waals surface area contributed by atoms with Crippen molar-refractivity contribution in [3.63, 3.8) is 0 Å². The number of carbonyl (C=O) groups is 2. The van der Waals surface area contributed by atoms with E-state index in [1.165, 1.54) is 0 Å². The summed E-state index contributed by atoms with van der Waals surface area (Å²) < 4.78 is 23.1. The van der Waals surface area contributed by atoms with Crippen LogP contribution in [0, 0.1) is 0 Å². The molecular weight excluding hydrogens is 427 g/mol.